The number of carbonyl (C=O) groups is 1. The lowest BCUT2D eigenvalue weighted by Gasteiger charge is -2.46. The van der Waals surface area contributed by atoms with Gasteiger partial charge in [-0.25, -0.2) is 0 Å². The molecule has 11 heavy (non-hydrogen) atoms. The summed E-state index contributed by atoms with van der Waals surface area (Å²) in [6, 6.07) is 0. The maximum atomic E-state index is 10.9. The number of hydrogen-bond acceptors (Lipinski definition) is 2. The molecule has 2 aliphatic rings. The van der Waals surface area contributed by atoms with Gasteiger partial charge in [0, 0.05) is 6.54 Å². The molecule has 3 heteroatoms. The molecule has 2 atom stereocenters. The Balaban J connectivity index is 2.09. The number of rotatable bonds is 0. The second-order valence-electron chi connectivity index (χ2n) is 3.12. The molecule has 0 aromatic carbocycles. The SMILES string of the molecule is C=C1CN2C(=O)CC2OC1C. The lowest BCUT2D eigenvalue weighted by Crippen LogP contribution is -2.59. The van der Waals surface area contributed by atoms with E-state index in [1.54, 1.807) is 4.90 Å². The van der Waals surface area contributed by atoms with Crippen LogP contribution < -0.4 is 0 Å². The number of β-lactam (4-membered cyclic amide) rings is 1. The fourth-order valence-electron chi connectivity index (χ4n) is 1.42. The number of carbonyl (C=O) groups excluding carboxylic acids is 1. The Morgan fingerprint density at radius 1 is 1.73 bits per heavy atom. The number of hydrogen-bond donors (Lipinski definition) is 0. The minimum absolute atomic E-state index is 0.0444. The van der Waals surface area contributed by atoms with Gasteiger partial charge in [-0.2, -0.15) is 0 Å². The summed E-state index contributed by atoms with van der Waals surface area (Å²) in [6.45, 7) is 6.49. The standard InChI is InChI=1S/C8H11NO2/c1-5-4-9-7(10)3-8(9)11-6(5)2/h6,8H,1,3-4H2,2H3. The lowest BCUT2D eigenvalue weighted by atomic mass is 10.0. The highest BCUT2D eigenvalue weighted by Crippen LogP contribution is 2.29. The topological polar surface area (TPSA) is 29.5 Å². The fourth-order valence-corrected chi connectivity index (χ4v) is 1.42. The lowest BCUT2D eigenvalue weighted by molar-refractivity contribution is -0.187. The van der Waals surface area contributed by atoms with E-state index in [1.807, 2.05) is 6.92 Å². The van der Waals surface area contributed by atoms with Crippen molar-refractivity contribution in [1.82, 2.24) is 4.90 Å². The van der Waals surface area contributed by atoms with Gasteiger partial charge in [0.15, 0.2) is 0 Å². The summed E-state index contributed by atoms with van der Waals surface area (Å²) in [7, 11) is 0. The van der Waals surface area contributed by atoms with Gasteiger partial charge in [0.05, 0.1) is 12.5 Å². The first-order chi connectivity index (χ1) is 5.18. The average Bonchev–Trinajstić information content (AvgIpc) is 1.97. The highest BCUT2D eigenvalue weighted by atomic mass is 16.5. The smallest absolute Gasteiger partial charge is 0.229 e. The third kappa shape index (κ3) is 0.878. The Kier molecular flexibility index (Phi) is 1.29. The van der Waals surface area contributed by atoms with Gasteiger partial charge in [0.25, 0.3) is 0 Å². The normalized spacial score (nSPS) is 36.6. The summed E-state index contributed by atoms with van der Waals surface area (Å²) >= 11 is 0. The molecule has 3 nitrogen and oxygen atoms in total. The molecular formula is C8H11NO2. The molecule has 2 unspecified atom stereocenters. The van der Waals surface area contributed by atoms with Gasteiger partial charge in [0.1, 0.15) is 6.23 Å². The van der Waals surface area contributed by atoms with E-state index in [4.69, 9.17) is 4.74 Å². The molecule has 0 N–H and O–H groups in total. The predicted molar refractivity (Wildman–Crippen MR) is 39.8 cm³/mol. The van der Waals surface area contributed by atoms with Crippen LogP contribution in [-0.2, 0) is 9.53 Å². The van der Waals surface area contributed by atoms with E-state index in [-0.39, 0.29) is 18.2 Å². The van der Waals surface area contributed by atoms with Crippen LogP contribution >= 0.6 is 0 Å². The minimum Gasteiger partial charge on any atom is -0.350 e. The molecule has 2 saturated heterocycles. The summed E-state index contributed by atoms with van der Waals surface area (Å²) in [4.78, 5) is 12.6. The predicted octanol–water partition coefficient (Wildman–Crippen LogP) is 0.520. The molecule has 0 aliphatic carbocycles. The summed E-state index contributed by atoms with van der Waals surface area (Å²) in [5.74, 6) is 0.183. The van der Waals surface area contributed by atoms with Gasteiger partial charge in [-0.15, -0.1) is 0 Å². The second-order valence-corrected chi connectivity index (χ2v) is 3.12. The second kappa shape index (κ2) is 2.08. The first kappa shape index (κ1) is 6.85. The summed E-state index contributed by atoms with van der Waals surface area (Å²) in [6.07, 6.45) is 0.713. The van der Waals surface area contributed by atoms with Crippen LogP contribution in [0.15, 0.2) is 12.2 Å². The third-order valence-electron chi connectivity index (χ3n) is 2.33. The molecule has 2 aliphatic heterocycles. The van der Waals surface area contributed by atoms with E-state index in [1.165, 1.54) is 0 Å². The average molecular weight is 153 g/mol. The zero-order chi connectivity index (χ0) is 8.01. The van der Waals surface area contributed by atoms with Crippen LogP contribution in [0.2, 0.25) is 0 Å². The Bertz CT molecular complexity index is 224. The van der Waals surface area contributed by atoms with Crippen molar-refractivity contribution in [3.8, 4) is 0 Å². The Labute approximate surface area is 65.6 Å². The highest BCUT2D eigenvalue weighted by molar-refractivity contribution is 5.83. The number of amides is 1. The maximum Gasteiger partial charge on any atom is 0.229 e. The largest absolute Gasteiger partial charge is 0.350 e. The number of nitrogens with zero attached hydrogens (tertiary/aromatic N) is 1. The third-order valence-corrected chi connectivity index (χ3v) is 2.33. The molecule has 0 bridgehead atoms. The summed E-state index contributed by atoms with van der Waals surface area (Å²) < 4.78 is 5.47. The van der Waals surface area contributed by atoms with Crippen LogP contribution in [0.25, 0.3) is 0 Å². The van der Waals surface area contributed by atoms with Crippen molar-refractivity contribution < 1.29 is 9.53 Å². The van der Waals surface area contributed by atoms with Crippen molar-refractivity contribution in [3.05, 3.63) is 12.2 Å². The Morgan fingerprint density at radius 3 is 3.09 bits per heavy atom. The van der Waals surface area contributed by atoms with Crippen molar-refractivity contribution in [2.45, 2.75) is 25.7 Å². The molecule has 0 spiro atoms. The van der Waals surface area contributed by atoms with Crippen LogP contribution in [-0.4, -0.2) is 29.7 Å². The van der Waals surface area contributed by atoms with Crippen molar-refractivity contribution in [2.75, 3.05) is 6.54 Å². The van der Waals surface area contributed by atoms with Crippen molar-refractivity contribution in [3.63, 3.8) is 0 Å². The summed E-state index contributed by atoms with van der Waals surface area (Å²) in [5.41, 5.74) is 0.995. The molecule has 2 rings (SSSR count). The van der Waals surface area contributed by atoms with Gasteiger partial charge in [0.2, 0.25) is 5.91 Å². The maximum absolute atomic E-state index is 10.9. The van der Waals surface area contributed by atoms with Crippen LogP contribution in [0, 0.1) is 0 Å². The summed E-state index contributed by atoms with van der Waals surface area (Å²) in [5, 5.41) is 0. The van der Waals surface area contributed by atoms with Crippen LogP contribution in [0.5, 0.6) is 0 Å². The van der Waals surface area contributed by atoms with E-state index >= 15 is 0 Å². The van der Waals surface area contributed by atoms with Crippen LogP contribution in [0.3, 0.4) is 0 Å². The fraction of sp³-hybridized carbons (Fsp3) is 0.625. The van der Waals surface area contributed by atoms with Crippen molar-refractivity contribution in [2.24, 2.45) is 0 Å². The molecule has 0 radical (unpaired) electrons. The molecule has 60 valence electrons. The molecule has 0 saturated carbocycles. The zero-order valence-corrected chi connectivity index (χ0v) is 6.54. The molecular weight excluding hydrogens is 142 g/mol. The van der Waals surface area contributed by atoms with E-state index in [0.29, 0.717) is 13.0 Å². The van der Waals surface area contributed by atoms with Crippen molar-refractivity contribution >= 4 is 5.91 Å². The van der Waals surface area contributed by atoms with E-state index in [0.717, 1.165) is 5.57 Å². The molecule has 0 aromatic rings. The van der Waals surface area contributed by atoms with Gasteiger partial charge in [-0.3, -0.25) is 4.79 Å². The zero-order valence-electron chi connectivity index (χ0n) is 6.54. The van der Waals surface area contributed by atoms with Crippen LogP contribution in [0.4, 0.5) is 0 Å². The first-order valence-corrected chi connectivity index (χ1v) is 3.81. The van der Waals surface area contributed by atoms with E-state index in [2.05, 4.69) is 6.58 Å². The van der Waals surface area contributed by atoms with Gasteiger partial charge in [-0.05, 0) is 12.5 Å². The monoisotopic (exact) mass is 153 g/mol. The highest BCUT2D eigenvalue weighted by Gasteiger charge is 2.41. The number of fused-ring (bicyclic) bond motifs is 1. The van der Waals surface area contributed by atoms with E-state index in [9.17, 15) is 4.79 Å². The van der Waals surface area contributed by atoms with Gasteiger partial charge >= 0.3 is 0 Å². The molecule has 1 amide bonds. The minimum atomic E-state index is 0.0444. The molecule has 2 heterocycles. The van der Waals surface area contributed by atoms with Crippen molar-refractivity contribution in [1.29, 1.82) is 0 Å². The molecule has 0 aromatic heterocycles. The number of ether oxygens (including phenoxy) is 1. The Morgan fingerprint density at radius 2 is 2.45 bits per heavy atom. The quantitative estimate of drug-likeness (QED) is 0.375. The Hall–Kier alpha value is -0.830. The van der Waals surface area contributed by atoms with E-state index < -0.39 is 0 Å². The first-order valence-electron chi connectivity index (χ1n) is 3.81. The van der Waals surface area contributed by atoms with Gasteiger partial charge < -0.3 is 9.64 Å². The van der Waals surface area contributed by atoms with Crippen LogP contribution in [0.1, 0.15) is 13.3 Å². The molecule has 2 fully saturated rings. The van der Waals surface area contributed by atoms with Gasteiger partial charge in [-0.1, -0.05) is 6.58 Å².